The van der Waals surface area contributed by atoms with Gasteiger partial charge < -0.3 is 10.4 Å². The van der Waals surface area contributed by atoms with E-state index in [2.05, 4.69) is 21.2 Å². The molecule has 0 spiro atoms. The molecule has 0 bridgehead atoms. The molecule has 8 heteroatoms. The lowest BCUT2D eigenvalue weighted by molar-refractivity contribution is -0.138. The maximum atomic E-state index is 11.9. The number of carboxylic acids is 1. The van der Waals surface area contributed by atoms with Gasteiger partial charge in [-0.1, -0.05) is 34.5 Å². The average molecular weight is 400 g/mol. The van der Waals surface area contributed by atoms with Crippen LogP contribution in [0.15, 0.2) is 22.7 Å². The predicted molar refractivity (Wildman–Crippen MR) is 89.4 cm³/mol. The van der Waals surface area contributed by atoms with Crippen LogP contribution >= 0.6 is 39.9 Å². The number of carboxylic acid groups (broad SMARTS) is 1. The molecule has 0 aromatic heterocycles. The molecule has 1 rings (SSSR count). The fourth-order valence-corrected chi connectivity index (χ4v) is 2.43. The first kappa shape index (κ1) is 20.2. The van der Waals surface area contributed by atoms with Gasteiger partial charge in [-0.15, -0.1) is 12.4 Å². The first-order valence-electron chi connectivity index (χ1n) is 6.11. The lowest BCUT2D eigenvalue weighted by Crippen LogP contribution is -2.37. The molecule has 0 aliphatic rings. The number of amides is 1. The van der Waals surface area contributed by atoms with Crippen molar-refractivity contribution < 1.29 is 14.7 Å². The minimum atomic E-state index is -0.951. The number of carbonyl (C=O) groups is 2. The van der Waals surface area contributed by atoms with E-state index in [0.29, 0.717) is 17.3 Å². The normalized spacial score (nSPS) is 10.1. The standard InChI is InChI=1S/C13H16BrClN2O3.ClH/c1-2-5-17(8-13(19)20)7-12(18)16-11-4-3-9(14)6-10(11)15;/h3-4,6H,2,5,7-8H2,1H3,(H,16,18)(H,19,20);1H. The summed E-state index contributed by atoms with van der Waals surface area (Å²) in [5.41, 5.74) is 0.506. The number of carbonyl (C=O) groups excluding carboxylic acids is 1. The fraction of sp³-hybridized carbons (Fsp3) is 0.385. The van der Waals surface area contributed by atoms with Crippen molar-refractivity contribution in [3.8, 4) is 0 Å². The second kappa shape index (κ2) is 10.00. The molecule has 118 valence electrons. The van der Waals surface area contributed by atoms with Gasteiger partial charge in [-0.2, -0.15) is 0 Å². The summed E-state index contributed by atoms with van der Waals surface area (Å²) in [5, 5.41) is 11.9. The van der Waals surface area contributed by atoms with Crippen LogP contribution in [0.5, 0.6) is 0 Å². The number of aliphatic carboxylic acids is 1. The molecule has 0 unspecified atom stereocenters. The largest absolute Gasteiger partial charge is 0.480 e. The highest BCUT2D eigenvalue weighted by Gasteiger charge is 2.14. The van der Waals surface area contributed by atoms with Crippen LogP contribution in [0.1, 0.15) is 13.3 Å². The molecule has 0 radical (unpaired) electrons. The zero-order valence-corrected chi connectivity index (χ0v) is 14.6. The molecule has 0 atom stereocenters. The van der Waals surface area contributed by atoms with Crippen molar-refractivity contribution in [2.24, 2.45) is 0 Å². The quantitative estimate of drug-likeness (QED) is 0.738. The van der Waals surface area contributed by atoms with Crippen molar-refractivity contribution in [1.29, 1.82) is 0 Å². The van der Waals surface area contributed by atoms with Gasteiger partial charge in [0.05, 0.1) is 23.8 Å². The maximum Gasteiger partial charge on any atom is 0.317 e. The van der Waals surface area contributed by atoms with Gasteiger partial charge in [-0.25, -0.2) is 0 Å². The Morgan fingerprint density at radius 1 is 1.38 bits per heavy atom. The highest BCUT2D eigenvalue weighted by atomic mass is 79.9. The van der Waals surface area contributed by atoms with Crippen LogP contribution in [0.4, 0.5) is 5.69 Å². The van der Waals surface area contributed by atoms with E-state index in [4.69, 9.17) is 16.7 Å². The van der Waals surface area contributed by atoms with Crippen LogP contribution in [0.25, 0.3) is 0 Å². The van der Waals surface area contributed by atoms with E-state index in [0.717, 1.165) is 10.9 Å². The van der Waals surface area contributed by atoms with Gasteiger partial charge in [0.2, 0.25) is 5.91 Å². The summed E-state index contributed by atoms with van der Waals surface area (Å²) < 4.78 is 0.819. The molecule has 0 saturated carbocycles. The molecule has 0 fully saturated rings. The van der Waals surface area contributed by atoms with Gasteiger partial charge in [0.15, 0.2) is 0 Å². The lowest BCUT2D eigenvalue weighted by Gasteiger charge is -2.19. The molecule has 5 nitrogen and oxygen atoms in total. The SMILES string of the molecule is CCCN(CC(=O)O)CC(=O)Nc1ccc(Br)cc1Cl.Cl. The number of hydrogen-bond donors (Lipinski definition) is 2. The Balaban J connectivity index is 0.00000400. The van der Waals surface area contributed by atoms with Crippen molar-refractivity contribution in [3.63, 3.8) is 0 Å². The number of benzene rings is 1. The molecule has 0 heterocycles. The van der Waals surface area contributed by atoms with E-state index in [-0.39, 0.29) is 31.4 Å². The van der Waals surface area contributed by atoms with E-state index in [1.165, 1.54) is 0 Å². The third kappa shape index (κ3) is 7.66. The van der Waals surface area contributed by atoms with Crippen molar-refractivity contribution >= 4 is 57.5 Å². The minimum Gasteiger partial charge on any atom is -0.480 e. The molecule has 2 N–H and O–H groups in total. The molecule has 0 saturated heterocycles. The van der Waals surface area contributed by atoms with Crippen LogP contribution in [0.2, 0.25) is 5.02 Å². The van der Waals surface area contributed by atoms with Gasteiger partial charge in [0.1, 0.15) is 0 Å². The minimum absolute atomic E-state index is 0. The summed E-state index contributed by atoms with van der Waals surface area (Å²) in [7, 11) is 0. The summed E-state index contributed by atoms with van der Waals surface area (Å²) in [6, 6.07) is 5.13. The third-order valence-corrected chi connectivity index (χ3v) is 3.28. The van der Waals surface area contributed by atoms with E-state index in [1.807, 2.05) is 6.92 Å². The Bertz CT molecular complexity index is 500. The smallest absolute Gasteiger partial charge is 0.317 e. The zero-order valence-electron chi connectivity index (χ0n) is 11.4. The van der Waals surface area contributed by atoms with Crippen molar-refractivity contribution in [2.45, 2.75) is 13.3 Å². The zero-order chi connectivity index (χ0) is 15.1. The van der Waals surface area contributed by atoms with Gasteiger partial charge in [0, 0.05) is 4.47 Å². The number of halogens is 3. The summed E-state index contributed by atoms with van der Waals surface area (Å²) in [5.74, 6) is -1.24. The summed E-state index contributed by atoms with van der Waals surface area (Å²) in [6.45, 7) is 2.34. The highest BCUT2D eigenvalue weighted by molar-refractivity contribution is 9.10. The maximum absolute atomic E-state index is 11.9. The number of rotatable bonds is 7. The van der Waals surface area contributed by atoms with Crippen molar-refractivity contribution in [1.82, 2.24) is 4.90 Å². The van der Waals surface area contributed by atoms with E-state index < -0.39 is 5.97 Å². The molecule has 21 heavy (non-hydrogen) atoms. The second-order valence-corrected chi connectivity index (χ2v) is 5.60. The molecule has 0 aliphatic carbocycles. The number of nitrogens with one attached hydrogen (secondary N) is 1. The Morgan fingerprint density at radius 2 is 2.05 bits per heavy atom. The van der Waals surface area contributed by atoms with Gasteiger partial charge in [0.25, 0.3) is 0 Å². The second-order valence-electron chi connectivity index (χ2n) is 4.28. The van der Waals surface area contributed by atoms with E-state index >= 15 is 0 Å². The van der Waals surface area contributed by atoms with Crippen LogP contribution in [0, 0.1) is 0 Å². The van der Waals surface area contributed by atoms with Gasteiger partial charge in [-0.05, 0) is 31.2 Å². The van der Waals surface area contributed by atoms with Gasteiger partial charge >= 0.3 is 5.97 Å². The Labute approximate surface area is 143 Å². The monoisotopic (exact) mass is 398 g/mol. The molecule has 0 aliphatic heterocycles. The van der Waals surface area contributed by atoms with Crippen LogP contribution in [-0.4, -0.2) is 41.5 Å². The fourth-order valence-electron chi connectivity index (χ4n) is 1.71. The Morgan fingerprint density at radius 3 is 2.57 bits per heavy atom. The molecular formula is C13H17BrCl2N2O3. The van der Waals surface area contributed by atoms with E-state index in [1.54, 1.807) is 23.1 Å². The number of nitrogens with zero attached hydrogens (tertiary/aromatic N) is 1. The van der Waals surface area contributed by atoms with Crippen LogP contribution in [-0.2, 0) is 9.59 Å². The molecular weight excluding hydrogens is 383 g/mol. The van der Waals surface area contributed by atoms with Crippen LogP contribution in [0.3, 0.4) is 0 Å². The molecule has 1 amide bonds. The molecule has 1 aromatic rings. The predicted octanol–water partition coefficient (Wildman–Crippen LogP) is 3.26. The number of hydrogen-bond acceptors (Lipinski definition) is 3. The lowest BCUT2D eigenvalue weighted by atomic mass is 10.3. The summed E-state index contributed by atoms with van der Waals surface area (Å²) >= 11 is 9.28. The first-order chi connectivity index (χ1) is 9.42. The van der Waals surface area contributed by atoms with Crippen molar-refractivity contribution in [3.05, 3.63) is 27.7 Å². The number of anilines is 1. The topological polar surface area (TPSA) is 69.6 Å². The summed E-state index contributed by atoms with van der Waals surface area (Å²) in [6.07, 6.45) is 0.777. The highest BCUT2D eigenvalue weighted by Crippen LogP contribution is 2.25. The average Bonchev–Trinajstić information content (AvgIpc) is 2.32. The Hall–Kier alpha value is -0.820. The van der Waals surface area contributed by atoms with E-state index in [9.17, 15) is 9.59 Å². The molecule has 1 aromatic carbocycles. The van der Waals surface area contributed by atoms with Gasteiger partial charge in [-0.3, -0.25) is 14.5 Å². The Kier molecular flexibility index (Phi) is 9.61. The summed E-state index contributed by atoms with van der Waals surface area (Å²) in [4.78, 5) is 24.2. The van der Waals surface area contributed by atoms with Crippen LogP contribution < -0.4 is 5.32 Å². The first-order valence-corrected chi connectivity index (χ1v) is 7.28. The third-order valence-electron chi connectivity index (χ3n) is 2.47. The van der Waals surface area contributed by atoms with Crippen molar-refractivity contribution in [2.75, 3.05) is 25.0 Å².